The number of rotatable bonds is 3. The zero-order valence-electron chi connectivity index (χ0n) is 10.1. The van der Waals surface area contributed by atoms with Crippen molar-refractivity contribution in [1.82, 2.24) is 5.32 Å². The molecule has 0 saturated carbocycles. The highest BCUT2D eigenvalue weighted by Crippen LogP contribution is 2.32. The van der Waals surface area contributed by atoms with E-state index in [1.165, 1.54) is 18.2 Å². The maximum Gasteiger partial charge on any atom is 0.131 e. The number of hydrogen-bond donors (Lipinski definition) is 1. The van der Waals surface area contributed by atoms with Gasteiger partial charge in [0.15, 0.2) is 0 Å². The summed E-state index contributed by atoms with van der Waals surface area (Å²) in [5, 5.41) is 2.95. The zero-order valence-corrected chi connectivity index (χ0v) is 13.2. The highest BCUT2D eigenvalue weighted by molar-refractivity contribution is 9.11. The van der Waals surface area contributed by atoms with E-state index in [4.69, 9.17) is 0 Å². The molecule has 19 heavy (non-hydrogen) atoms. The van der Waals surface area contributed by atoms with Crippen LogP contribution in [0.5, 0.6) is 0 Å². The van der Waals surface area contributed by atoms with Crippen molar-refractivity contribution < 1.29 is 8.78 Å². The SMILES string of the molecule is CNC(c1ccc(Br)cc1Br)c1c(F)cccc1F. The Balaban J connectivity index is 2.56. The van der Waals surface area contributed by atoms with Gasteiger partial charge in [-0.3, -0.25) is 0 Å². The number of benzene rings is 2. The second-order valence-electron chi connectivity index (χ2n) is 4.02. The fraction of sp³-hybridized carbons (Fsp3) is 0.143. The summed E-state index contributed by atoms with van der Waals surface area (Å²) in [5.41, 5.74) is 0.794. The van der Waals surface area contributed by atoms with Gasteiger partial charge < -0.3 is 5.32 Å². The minimum absolute atomic E-state index is 0.0213. The average molecular weight is 391 g/mol. The van der Waals surface area contributed by atoms with Crippen molar-refractivity contribution in [2.75, 3.05) is 7.05 Å². The molecule has 0 saturated heterocycles. The van der Waals surface area contributed by atoms with E-state index >= 15 is 0 Å². The highest BCUT2D eigenvalue weighted by atomic mass is 79.9. The zero-order chi connectivity index (χ0) is 14.0. The Hall–Kier alpha value is -0.780. The largest absolute Gasteiger partial charge is 0.309 e. The first-order valence-corrected chi connectivity index (χ1v) is 7.19. The molecule has 1 atom stereocenters. The smallest absolute Gasteiger partial charge is 0.131 e. The Kier molecular flexibility index (Phi) is 4.71. The fourth-order valence-electron chi connectivity index (χ4n) is 1.98. The summed E-state index contributed by atoms with van der Waals surface area (Å²) >= 11 is 6.77. The van der Waals surface area contributed by atoms with Gasteiger partial charge >= 0.3 is 0 Å². The predicted octanol–water partition coefficient (Wildman–Crippen LogP) is 4.80. The standard InChI is InChI=1S/C14H11Br2F2N/c1-19-14(9-6-5-8(15)7-10(9)16)13-11(17)3-2-4-12(13)18/h2-7,14,19H,1H3. The lowest BCUT2D eigenvalue weighted by Crippen LogP contribution is -2.20. The summed E-state index contributed by atoms with van der Waals surface area (Å²) < 4.78 is 29.4. The topological polar surface area (TPSA) is 12.0 Å². The second kappa shape index (κ2) is 6.11. The third-order valence-electron chi connectivity index (χ3n) is 2.85. The molecule has 2 aromatic carbocycles. The molecule has 0 aromatic heterocycles. The van der Waals surface area contributed by atoms with E-state index in [1.54, 1.807) is 7.05 Å². The summed E-state index contributed by atoms with van der Waals surface area (Å²) in [6.45, 7) is 0. The molecule has 0 bridgehead atoms. The van der Waals surface area contributed by atoms with Crippen molar-refractivity contribution in [2.24, 2.45) is 0 Å². The van der Waals surface area contributed by atoms with Crippen LogP contribution < -0.4 is 5.32 Å². The lowest BCUT2D eigenvalue weighted by Gasteiger charge is -2.20. The maximum absolute atomic E-state index is 13.9. The van der Waals surface area contributed by atoms with Gasteiger partial charge in [-0.1, -0.05) is 44.0 Å². The molecular formula is C14H11Br2F2N. The Morgan fingerprint density at radius 1 is 1.05 bits per heavy atom. The van der Waals surface area contributed by atoms with E-state index < -0.39 is 17.7 Å². The lowest BCUT2D eigenvalue weighted by atomic mass is 9.98. The van der Waals surface area contributed by atoms with E-state index in [-0.39, 0.29) is 5.56 Å². The van der Waals surface area contributed by atoms with Gasteiger partial charge in [-0.2, -0.15) is 0 Å². The first kappa shape index (κ1) is 14.6. The number of nitrogens with one attached hydrogen (secondary N) is 1. The van der Waals surface area contributed by atoms with Gasteiger partial charge in [0.2, 0.25) is 0 Å². The molecule has 0 heterocycles. The molecule has 2 rings (SSSR count). The molecule has 0 aliphatic heterocycles. The second-order valence-corrected chi connectivity index (χ2v) is 5.79. The molecular weight excluding hydrogens is 380 g/mol. The summed E-state index contributed by atoms with van der Waals surface area (Å²) in [5.74, 6) is -1.12. The number of hydrogen-bond acceptors (Lipinski definition) is 1. The van der Waals surface area contributed by atoms with Gasteiger partial charge in [-0.15, -0.1) is 0 Å². The fourth-order valence-corrected chi connectivity index (χ4v) is 3.25. The quantitative estimate of drug-likeness (QED) is 0.793. The molecule has 1 N–H and O–H groups in total. The minimum Gasteiger partial charge on any atom is -0.309 e. The molecule has 2 aromatic rings. The van der Waals surface area contributed by atoms with Crippen molar-refractivity contribution in [3.8, 4) is 0 Å². The van der Waals surface area contributed by atoms with Gasteiger partial charge in [-0.25, -0.2) is 8.78 Å². The molecule has 100 valence electrons. The van der Waals surface area contributed by atoms with Crippen LogP contribution in [0.15, 0.2) is 45.3 Å². The van der Waals surface area contributed by atoms with Crippen molar-refractivity contribution >= 4 is 31.9 Å². The molecule has 0 amide bonds. The molecule has 5 heteroatoms. The van der Waals surface area contributed by atoms with Crippen LogP contribution in [0.2, 0.25) is 0 Å². The van der Waals surface area contributed by atoms with Crippen LogP contribution in [0.25, 0.3) is 0 Å². The van der Waals surface area contributed by atoms with E-state index in [9.17, 15) is 8.78 Å². The Bertz CT molecular complexity index is 582. The predicted molar refractivity (Wildman–Crippen MR) is 79.1 cm³/mol. The lowest BCUT2D eigenvalue weighted by molar-refractivity contribution is 0.521. The summed E-state index contributed by atoms with van der Waals surface area (Å²) in [7, 11) is 1.67. The highest BCUT2D eigenvalue weighted by Gasteiger charge is 2.22. The molecule has 0 radical (unpaired) electrons. The van der Waals surface area contributed by atoms with Crippen LogP contribution in [-0.2, 0) is 0 Å². The van der Waals surface area contributed by atoms with E-state index in [0.717, 1.165) is 14.5 Å². The van der Waals surface area contributed by atoms with Gasteiger partial charge in [0.1, 0.15) is 11.6 Å². The Morgan fingerprint density at radius 3 is 2.21 bits per heavy atom. The van der Waals surface area contributed by atoms with Crippen molar-refractivity contribution in [3.63, 3.8) is 0 Å². The maximum atomic E-state index is 13.9. The Labute approximate surface area is 127 Å². The van der Waals surface area contributed by atoms with Crippen LogP contribution in [0.1, 0.15) is 17.2 Å². The van der Waals surface area contributed by atoms with E-state index in [0.29, 0.717) is 0 Å². The third-order valence-corrected chi connectivity index (χ3v) is 4.03. The van der Waals surface area contributed by atoms with Gasteiger partial charge in [0.05, 0.1) is 6.04 Å². The van der Waals surface area contributed by atoms with Gasteiger partial charge in [0.25, 0.3) is 0 Å². The molecule has 0 spiro atoms. The van der Waals surface area contributed by atoms with Crippen LogP contribution in [0.4, 0.5) is 8.78 Å². The van der Waals surface area contributed by atoms with E-state index in [1.807, 2.05) is 18.2 Å². The normalized spacial score (nSPS) is 12.5. The minimum atomic E-state index is -0.561. The monoisotopic (exact) mass is 389 g/mol. The van der Waals surface area contributed by atoms with Crippen LogP contribution >= 0.6 is 31.9 Å². The number of halogens is 4. The van der Waals surface area contributed by atoms with E-state index in [2.05, 4.69) is 37.2 Å². The van der Waals surface area contributed by atoms with Crippen molar-refractivity contribution in [1.29, 1.82) is 0 Å². The van der Waals surface area contributed by atoms with Crippen molar-refractivity contribution in [2.45, 2.75) is 6.04 Å². The molecule has 0 aliphatic rings. The Morgan fingerprint density at radius 2 is 1.68 bits per heavy atom. The first-order valence-electron chi connectivity index (χ1n) is 5.60. The van der Waals surface area contributed by atoms with Gasteiger partial charge in [-0.05, 0) is 36.9 Å². The van der Waals surface area contributed by atoms with Crippen LogP contribution in [0, 0.1) is 11.6 Å². The van der Waals surface area contributed by atoms with Gasteiger partial charge in [0, 0.05) is 14.5 Å². The van der Waals surface area contributed by atoms with Crippen LogP contribution in [0.3, 0.4) is 0 Å². The molecule has 1 unspecified atom stereocenters. The summed E-state index contributed by atoms with van der Waals surface area (Å²) in [4.78, 5) is 0. The van der Waals surface area contributed by atoms with Crippen molar-refractivity contribution in [3.05, 3.63) is 68.1 Å². The third kappa shape index (κ3) is 3.04. The summed E-state index contributed by atoms with van der Waals surface area (Å²) in [6.07, 6.45) is 0. The average Bonchev–Trinajstić information content (AvgIpc) is 2.35. The molecule has 0 aliphatic carbocycles. The summed E-state index contributed by atoms with van der Waals surface area (Å²) in [6, 6.07) is 8.83. The molecule has 0 fully saturated rings. The molecule has 1 nitrogen and oxygen atoms in total. The first-order chi connectivity index (χ1) is 9.04. The van der Waals surface area contributed by atoms with Crippen LogP contribution in [-0.4, -0.2) is 7.05 Å².